The number of aromatic nitrogens is 1. The van der Waals surface area contributed by atoms with Crippen LogP contribution in [0.4, 0.5) is 4.39 Å². The van der Waals surface area contributed by atoms with Gasteiger partial charge in [-0.1, -0.05) is 42.5 Å². The van der Waals surface area contributed by atoms with Crippen LogP contribution in [0.2, 0.25) is 0 Å². The molecule has 170 valence electrons. The lowest BCUT2D eigenvalue weighted by Crippen LogP contribution is -2.03. The Labute approximate surface area is 201 Å². The number of hydrogen-bond donors (Lipinski definition) is 1. The van der Waals surface area contributed by atoms with Crippen LogP contribution in [0.15, 0.2) is 72.8 Å². The van der Waals surface area contributed by atoms with Crippen LogP contribution < -0.4 is 4.74 Å². The summed E-state index contributed by atoms with van der Waals surface area (Å²) < 4.78 is 19.7. The Bertz CT molecular complexity index is 1400. The normalized spacial score (nSPS) is 14.9. The number of fused-ring (bicyclic) bond motifs is 3. The van der Waals surface area contributed by atoms with E-state index < -0.39 is 5.97 Å². The van der Waals surface area contributed by atoms with Crippen molar-refractivity contribution in [2.75, 3.05) is 5.75 Å². The number of halogens is 1. The second-order valence-electron chi connectivity index (χ2n) is 8.09. The number of rotatable bonds is 6. The van der Waals surface area contributed by atoms with E-state index in [1.54, 1.807) is 17.8 Å². The first-order valence-electron chi connectivity index (χ1n) is 11.0. The summed E-state index contributed by atoms with van der Waals surface area (Å²) >= 11 is 1.62. The number of carboxylic acids is 1. The second-order valence-corrected chi connectivity index (χ2v) is 9.30. The van der Waals surface area contributed by atoms with Crippen molar-refractivity contribution in [2.45, 2.75) is 18.3 Å². The Morgan fingerprint density at radius 2 is 1.91 bits per heavy atom. The van der Waals surface area contributed by atoms with Crippen molar-refractivity contribution in [3.8, 4) is 5.75 Å². The van der Waals surface area contributed by atoms with Gasteiger partial charge in [0.1, 0.15) is 18.2 Å². The smallest absolute Gasteiger partial charge is 0.304 e. The molecule has 4 nitrogen and oxygen atoms in total. The number of aliphatic carboxylic acids is 1. The topological polar surface area (TPSA) is 59.4 Å². The van der Waals surface area contributed by atoms with Gasteiger partial charge in [-0.3, -0.25) is 4.79 Å². The molecule has 2 heterocycles. The molecule has 1 N–H and O–H groups in total. The van der Waals surface area contributed by atoms with Crippen molar-refractivity contribution in [1.82, 2.24) is 4.98 Å². The van der Waals surface area contributed by atoms with Gasteiger partial charge in [-0.15, -0.1) is 11.8 Å². The van der Waals surface area contributed by atoms with E-state index in [9.17, 15) is 9.18 Å². The summed E-state index contributed by atoms with van der Waals surface area (Å²) in [7, 11) is 0. The summed E-state index contributed by atoms with van der Waals surface area (Å²) in [5.74, 6) is 0.204. The number of thioether (sulfide) groups is 1. The van der Waals surface area contributed by atoms with Gasteiger partial charge in [-0.05, 0) is 53.1 Å². The van der Waals surface area contributed by atoms with Gasteiger partial charge in [0.05, 0.1) is 22.9 Å². The lowest BCUT2D eigenvalue weighted by Gasteiger charge is -2.19. The summed E-state index contributed by atoms with van der Waals surface area (Å²) in [4.78, 5) is 15.6. The van der Waals surface area contributed by atoms with Crippen molar-refractivity contribution in [2.24, 2.45) is 0 Å². The summed E-state index contributed by atoms with van der Waals surface area (Å²) in [5.41, 5.74) is 5.61. The maximum absolute atomic E-state index is 13.6. The van der Waals surface area contributed by atoms with Crippen LogP contribution in [0, 0.1) is 5.82 Å². The monoisotopic (exact) mass is 471 g/mol. The van der Waals surface area contributed by atoms with Crippen LogP contribution in [-0.2, 0) is 11.4 Å². The van der Waals surface area contributed by atoms with Crippen LogP contribution in [0.1, 0.15) is 39.6 Å². The summed E-state index contributed by atoms with van der Waals surface area (Å²) in [5, 5.41) is 9.98. The van der Waals surface area contributed by atoms with E-state index >= 15 is 0 Å². The van der Waals surface area contributed by atoms with Crippen molar-refractivity contribution >= 4 is 40.8 Å². The molecule has 6 heteroatoms. The quantitative estimate of drug-likeness (QED) is 0.338. The van der Waals surface area contributed by atoms with E-state index in [0.717, 1.165) is 39.1 Å². The average molecular weight is 472 g/mol. The van der Waals surface area contributed by atoms with Crippen molar-refractivity contribution in [3.63, 3.8) is 0 Å². The van der Waals surface area contributed by atoms with Gasteiger partial charge in [-0.2, -0.15) is 0 Å². The van der Waals surface area contributed by atoms with E-state index in [2.05, 4.69) is 23.2 Å². The maximum atomic E-state index is 13.6. The molecule has 0 radical (unpaired) electrons. The molecule has 0 saturated heterocycles. The van der Waals surface area contributed by atoms with Crippen molar-refractivity contribution in [3.05, 3.63) is 107 Å². The molecule has 1 aliphatic heterocycles. The Hall–Kier alpha value is -3.64. The highest BCUT2D eigenvalue weighted by Crippen LogP contribution is 2.44. The molecule has 5 rings (SSSR count). The number of hydrogen-bond acceptors (Lipinski definition) is 4. The molecule has 1 atom stereocenters. The van der Waals surface area contributed by atoms with E-state index in [-0.39, 0.29) is 17.5 Å². The Morgan fingerprint density at radius 3 is 2.79 bits per heavy atom. The highest BCUT2D eigenvalue weighted by molar-refractivity contribution is 7.99. The molecule has 0 aliphatic carbocycles. The molecule has 0 spiro atoms. The molecule has 4 aromatic rings. The highest BCUT2D eigenvalue weighted by atomic mass is 32.2. The molecule has 0 saturated carbocycles. The number of pyridine rings is 1. The van der Waals surface area contributed by atoms with E-state index in [1.807, 2.05) is 48.6 Å². The van der Waals surface area contributed by atoms with Gasteiger partial charge in [-0.25, -0.2) is 9.37 Å². The molecular formula is C28H22FNO3S. The van der Waals surface area contributed by atoms with Crippen molar-refractivity contribution < 1.29 is 19.0 Å². The molecule has 1 unspecified atom stereocenters. The third-order valence-corrected chi connectivity index (χ3v) is 7.04. The summed E-state index contributed by atoms with van der Waals surface area (Å²) in [6.07, 6.45) is 3.99. The fourth-order valence-corrected chi connectivity index (χ4v) is 5.38. The number of carbonyl (C=O) groups is 1. The minimum Gasteiger partial charge on any atom is -0.489 e. The fraction of sp³-hybridized carbons (Fsp3) is 0.143. The first-order valence-corrected chi connectivity index (χ1v) is 12.0. The molecule has 34 heavy (non-hydrogen) atoms. The van der Waals surface area contributed by atoms with Crippen LogP contribution in [0.25, 0.3) is 23.1 Å². The maximum Gasteiger partial charge on any atom is 0.304 e. The third-order valence-electron chi connectivity index (χ3n) is 5.76. The van der Waals surface area contributed by atoms with E-state index in [0.29, 0.717) is 17.9 Å². The lowest BCUT2D eigenvalue weighted by molar-refractivity contribution is -0.136. The number of benzene rings is 3. The zero-order valence-electron chi connectivity index (χ0n) is 18.3. The molecule has 0 amide bonds. The Kier molecular flexibility index (Phi) is 6.32. The molecular weight excluding hydrogens is 449 g/mol. The predicted octanol–water partition coefficient (Wildman–Crippen LogP) is 6.73. The molecule has 1 aromatic heterocycles. The molecule has 0 bridgehead atoms. The molecule has 1 aliphatic rings. The third kappa shape index (κ3) is 4.82. The van der Waals surface area contributed by atoms with Gasteiger partial charge in [0.2, 0.25) is 0 Å². The first kappa shape index (κ1) is 22.2. The predicted molar refractivity (Wildman–Crippen MR) is 134 cm³/mol. The zero-order chi connectivity index (χ0) is 23.5. The molecule has 3 aromatic carbocycles. The van der Waals surface area contributed by atoms with Crippen LogP contribution in [-0.4, -0.2) is 21.8 Å². The summed E-state index contributed by atoms with van der Waals surface area (Å²) in [6, 6.07) is 22.6. The van der Waals surface area contributed by atoms with Crippen LogP contribution in [0.3, 0.4) is 0 Å². The SMILES string of the molecule is O=C(O)CCSC1c2ccccc2COc2ccc(C=Cc3ccc4ccc(F)cc4n3)cc21. The minimum atomic E-state index is -0.801. The van der Waals surface area contributed by atoms with Gasteiger partial charge in [0, 0.05) is 22.8 Å². The van der Waals surface area contributed by atoms with E-state index in [4.69, 9.17) is 9.84 Å². The van der Waals surface area contributed by atoms with Gasteiger partial charge in [0.15, 0.2) is 0 Å². The average Bonchev–Trinajstić information content (AvgIpc) is 2.99. The largest absolute Gasteiger partial charge is 0.489 e. The van der Waals surface area contributed by atoms with Gasteiger partial charge in [0.25, 0.3) is 0 Å². The zero-order valence-corrected chi connectivity index (χ0v) is 19.1. The number of nitrogens with zero attached hydrogens (tertiary/aromatic N) is 1. The van der Waals surface area contributed by atoms with Gasteiger partial charge < -0.3 is 9.84 Å². The lowest BCUT2D eigenvalue weighted by atomic mass is 9.98. The number of carboxylic acid groups (broad SMARTS) is 1. The molecule has 0 fully saturated rings. The highest BCUT2D eigenvalue weighted by Gasteiger charge is 2.25. The fourth-order valence-electron chi connectivity index (χ4n) is 4.08. The number of ether oxygens (including phenoxy) is 1. The Morgan fingerprint density at radius 1 is 1.06 bits per heavy atom. The standard InChI is InChI=1S/C28H22FNO3S/c29-21-9-7-19-8-11-22(30-25(19)16-21)10-5-18-6-12-26-24(15-18)28(34-14-13-27(31)32)23-4-2-1-3-20(23)17-33-26/h1-12,15-16,28H,13-14,17H2,(H,31,32). The summed E-state index contributed by atoms with van der Waals surface area (Å²) in [6.45, 7) is 0.478. The second kappa shape index (κ2) is 9.69. The van der Waals surface area contributed by atoms with E-state index in [1.165, 1.54) is 12.1 Å². The van der Waals surface area contributed by atoms with Gasteiger partial charge >= 0.3 is 5.97 Å². The van der Waals surface area contributed by atoms with Crippen LogP contribution in [0.5, 0.6) is 5.75 Å². The Balaban J connectivity index is 1.47. The first-order chi connectivity index (χ1) is 16.6. The minimum absolute atomic E-state index is 0.0248. The van der Waals surface area contributed by atoms with Crippen molar-refractivity contribution in [1.29, 1.82) is 0 Å². The van der Waals surface area contributed by atoms with Crippen LogP contribution >= 0.6 is 11.8 Å².